The van der Waals surface area contributed by atoms with Gasteiger partial charge in [-0.25, -0.2) is 0 Å². The number of thiophene rings is 1. The van der Waals surface area contributed by atoms with E-state index in [1.54, 1.807) is 28.8 Å². The van der Waals surface area contributed by atoms with Gasteiger partial charge in [0.25, 0.3) is 5.91 Å². The van der Waals surface area contributed by atoms with Crippen LogP contribution < -0.4 is 5.32 Å². The van der Waals surface area contributed by atoms with Crippen molar-refractivity contribution in [3.8, 4) is 10.4 Å². The summed E-state index contributed by atoms with van der Waals surface area (Å²) in [4.78, 5) is 29.4. The van der Waals surface area contributed by atoms with Crippen molar-refractivity contribution in [3.63, 3.8) is 0 Å². The molecular formula is C26H26N4O2S2. The molecule has 6 nitrogen and oxygen atoms in total. The summed E-state index contributed by atoms with van der Waals surface area (Å²) in [7, 11) is 1.80. The lowest BCUT2D eigenvalue weighted by molar-refractivity contribution is -0.119. The Labute approximate surface area is 207 Å². The first-order valence-corrected chi connectivity index (χ1v) is 12.7. The number of hydrogen-bond acceptors (Lipinski definition) is 6. The summed E-state index contributed by atoms with van der Waals surface area (Å²) < 4.78 is 0. The quantitative estimate of drug-likeness (QED) is 0.340. The maximum absolute atomic E-state index is 13.1. The highest BCUT2D eigenvalue weighted by molar-refractivity contribution is 7.15. The molecule has 0 aliphatic rings. The Bertz CT molecular complexity index is 1240. The van der Waals surface area contributed by atoms with Gasteiger partial charge >= 0.3 is 0 Å². The van der Waals surface area contributed by atoms with Crippen LogP contribution in [0.2, 0.25) is 0 Å². The van der Waals surface area contributed by atoms with Crippen molar-refractivity contribution in [2.75, 3.05) is 18.9 Å². The Balaban J connectivity index is 1.61. The molecule has 8 heteroatoms. The van der Waals surface area contributed by atoms with Crippen molar-refractivity contribution < 1.29 is 9.59 Å². The minimum atomic E-state index is -0.317. The summed E-state index contributed by atoms with van der Waals surface area (Å²) in [6, 6.07) is 22.0. The smallest absolute Gasteiger partial charge is 0.253 e. The molecular weight excluding hydrogens is 464 g/mol. The number of amides is 2. The van der Waals surface area contributed by atoms with E-state index in [1.807, 2.05) is 56.3 Å². The zero-order valence-electron chi connectivity index (χ0n) is 19.3. The van der Waals surface area contributed by atoms with Gasteiger partial charge in [-0.3, -0.25) is 9.59 Å². The third kappa shape index (κ3) is 5.24. The average Bonchev–Trinajstić information content (AvgIpc) is 3.56. The van der Waals surface area contributed by atoms with E-state index in [0.29, 0.717) is 17.2 Å². The van der Waals surface area contributed by atoms with E-state index >= 15 is 0 Å². The van der Waals surface area contributed by atoms with Crippen LogP contribution in [0.4, 0.5) is 5.13 Å². The Morgan fingerprint density at radius 2 is 1.76 bits per heavy atom. The van der Waals surface area contributed by atoms with E-state index in [0.717, 1.165) is 20.9 Å². The summed E-state index contributed by atoms with van der Waals surface area (Å²) in [5, 5.41) is 11.1. The minimum absolute atomic E-state index is 0.0142. The van der Waals surface area contributed by atoms with Crippen molar-refractivity contribution in [1.29, 1.82) is 0 Å². The van der Waals surface area contributed by atoms with Crippen molar-refractivity contribution >= 4 is 39.6 Å². The fraction of sp³-hybridized carbons (Fsp3) is 0.231. The number of rotatable bonds is 8. The standard InChI is InChI=1S/C26H26N4O2S2/c1-4-30(3)25(32)20-12-10-18(11-13-20)21-14-15-22(34-21)23(19-8-6-5-7-9-19)17(2)24(31)28-26-29-27-16-33-26/h5-17,23H,4H2,1-3H3,(H,28,29,31). The number of carbonyl (C=O) groups excluding carboxylic acids is 2. The normalized spacial score (nSPS) is 12.7. The van der Waals surface area contributed by atoms with E-state index in [2.05, 4.69) is 39.8 Å². The number of nitrogens with zero attached hydrogens (tertiary/aromatic N) is 3. The second-order valence-corrected chi connectivity index (χ2v) is 9.96. The van der Waals surface area contributed by atoms with Crippen LogP contribution in [0.5, 0.6) is 0 Å². The lowest BCUT2D eigenvalue weighted by Gasteiger charge is -2.22. The predicted molar refractivity (Wildman–Crippen MR) is 138 cm³/mol. The number of hydrogen-bond donors (Lipinski definition) is 1. The van der Waals surface area contributed by atoms with Gasteiger partial charge in [0, 0.05) is 40.7 Å². The summed E-state index contributed by atoms with van der Waals surface area (Å²) in [6.45, 7) is 4.57. The van der Waals surface area contributed by atoms with E-state index in [4.69, 9.17) is 0 Å². The third-order valence-electron chi connectivity index (χ3n) is 5.83. The Hall–Kier alpha value is -3.36. The lowest BCUT2D eigenvalue weighted by atomic mass is 9.85. The number of anilines is 1. The topological polar surface area (TPSA) is 75.2 Å². The van der Waals surface area contributed by atoms with Crippen molar-refractivity contribution in [3.05, 3.63) is 88.2 Å². The van der Waals surface area contributed by atoms with Crippen LogP contribution in [0.1, 0.15) is 40.6 Å². The number of benzene rings is 2. The van der Waals surface area contributed by atoms with Crippen molar-refractivity contribution in [2.45, 2.75) is 19.8 Å². The lowest BCUT2D eigenvalue weighted by Crippen LogP contribution is -2.26. The SMILES string of the molecule is CCN(C)C(=O)c1ccc(-c2ccc(C(c3ccccc3)C(C)C(=O)Nc3nncs3)s2)cc1. The predicted octanol–water partition coefficient (Wildman–Crippen LogP) is 5.77. The first-order chi connectivity index (χ1) is 16.5. The summed E-state index contributed by atoms with van der Waals surface area (Å²) in [5.41, 5.74) is 4.40. The second-order valence-electron chi connectivity index (χ2n) is 8.01. The molecule has 0 bridgehead atoms. The van der Waals surface area contributed by atoms with Gasteiger partial charge in [0.2, 0.25) is 11.0 Å². The molecule has 2 heterocycles. The molecule has 0 saturated heterocycles. The van der Waals surface area contributed by atoms with E-state index in [9.17, 15) is 9.59 Å². The number of nitrogens with one attached hydrogen (secondary N) is 1. The van der Waals surface area contributed by atoms with Crippen LogP contribution in [-0.2, 0) is 4.79 Å². The van der Waals surface area contributed by atoms with E-state index < -0.39 is 0 Å². The minimum Gasteiger partial charge on any atom is -0.342 e. The molecule has 1 N–H and O–H groups in total. The third-order valence-corrected chi connectivity index (χ3v) is 7.66. The van der Waals surface area contributed by atoms with Gasteiger partial charge in [0.15, 0.2) is 0 Å². The molecule has 0 fully saturated rings. The fourth-order valence-corrected chi connectivity index (χ4v) is 5.47. The Morgan fingerprint density at radius 1 is 1.03 bits per heavy atom. The van der Waals surface area contributed by atoms with E-state index in [1.165, 1.54) is 11.3 Å². The molecule has 2 aromatic carbocycles. The zero-order chi connectivity index (χ0) is 24.1. The van der Waals surface area contributed by atoms with Gasteiger partial charge in [-0.1, -0.05) is 60.7 Å². The van der Waals surface area contributed by atoms with Gasteiger partial charge < -0.3 is 10.2 Å². The molecule has 2 unspecified atom stereocenters. The molecule has 2 amide bonds. The number of aromatic nitrogens is 2. The summed E-state index contributed by atoms with van der Waals surface area (Å²) >= 11 is 2.97. The molecule has 0 radical (unpaired) electrons. The highest BCUT2D eigenvalue weighted by Gasteiger charge is 2.29. The molecule has 2 atom stereocenters. The first kappa shape index (κ1) is 23.8. The van der Waals surface area contributed by atoms with Gasteiger partial charge in [-0.15, -0.1) is 21.5 Å². The van der Waals surface area contributed by atoms with Crippen molar-refractivity contribution in [2.24, 2.45) is 5.92 Å². The van der Waals surface area contributed by atoms with Crippen LogP contribution in [0.15, 0.2) is 72.2 Å². The molecule has 4 aromatic rings. The Morgan fingerprint density at radius 3 is 2.41 bits per heavy atom. The molecule has 4 rings (SSSR count). The fourth-order valence-electron chi connectivity index (χ4n) is 3.77. The highest BCUT2D eigenvalue weighted by atomic mass is 32.1. The summed E-state index contributed by atoms with van der Waals surface area (Å²) in [5.74, 6) is -0.502. The maximum atomic E-state index is 13.1. The van der Waals surface area contributed by atoms with Crippen LogP contribution in [-0.4, -0.2) is 40.5 Å². The van der Waals surface area contributed by atoms with Crippen LogP contribution in [0.25, 0.3) is 10.4 Å². The van der Waals surface area contributed by atoms with Crippen LogP contribution in [0, 0.1) is 5.92 Å². The zero-order valence-corrected chi connectivity index (χ0v) is 20.9. The molecule has 0 aliphatic heterocycles. The number of carbonyl (C=O) groups is 2. The van der Waals surface area contributed by atoms with Crippen molar-refractivity contribution in [1.82, 2.24) is 15.1 Å². The van der Waals surface area contributed by atoms with Crippen LogP contribution in [0.3, 0.4) is 0 Å². The molecule has 34 heavy (non-hydrogen) atoms. The van der Waals surface area contributed by atoms with Crippen LogP contribution >= 0.6 is 22.7 Å². The van der Waals surface area contributed by atoms with Gasteiger partial charge in [0.05, 0.1) is 0 Å². The molecule has 0 saturated carbocycles. The van der Waals surface area contributed by atoms with Gasteiger partial charge in [-0.2, -0.15) is 0 Å². The monoisotopic (exact) mass is 490 g/mol. The molecule has 0 aliphatic carbocycles. The first-order valence-electron chi connectivity index (χ1n) is 11.1. The van der Waals surface area contributed by atoms with Gasteiger partial charge in [0.1, 0.15) is 5.51 Å². The molecule has 2 aromatic heterocycles. The van der Waals surface area contributed by atoms with Gasteiger partial charge in [-0.05, 0) is 42.3 Å². The highest BCUT2D eigenvalue weighted by Crippen LogP contribution is 2.39. The van der Waals surface area contributed by atoms with E-state index in [-0.39, 0.29) is 23.7 Å². The largest absolute Gasteiger partial charge is 0.342 e. The second kappa shape index (κ2) is 10.7. The maximum Gasteiger partial charge on any atom is 0.253 e. The Kier molecular flexibility index (Phi) is 7.49. The molecule has 0 spiro atoms. The summed E-state index contributed by atoms with van der Waals surface area (Å²) in [6.07, 6.45) is 0. The molecule has 174 valence electrons. The average molecular weight is 491 g/mol.